The fraction of sp³-hybridized carbons (Fsp3) is 0.0588. The monoisotopic (exact) mass is 387 g/mol. The van der Waals surface area contributed by atoms with Crippen LogP contribution in [0, 0.1) is 11.3 Å². The third-order valence-corrected chi connectivity index (χ3v) is 3.80. The number of pyridine rings is 1. The molecule has 0 spiro atoms. The van der Waals surface area contributed by atoms with E-state index in [1.807, 2.05) is 6.07 Å². The summed E-state index contributed by atoms with van der Waals surface area (Å²) in [6.45, 7) is -0.306. The number of benzene rings is 1. The normalized spacial score (nSPS) is 10.2. The lowest BCUT2D eigenvalue weighted by Crippen LogP contribution is -2.22. The van der Waals surface area contributed by atoms with Crippen LogP contribution in [-0.4, -0.2) is 27.3 Å². The molecule has 0 bridgehead atoms. The van der Waals surface area contributed by atoms with Crippen molar-refractivity contribution in [2.45, 2.75) is 0 Å². The standard InChI is InChI=1S/C17H11Cl2N5O2/c18-12-4-5-14(13(19)7-12)26-10-16(25)23-17-11(8-20)9-22-24(17)15-3-1-2-6-21-15/h1-7,9H,10H2,(H,23,25). The smallest absolute Gasteiger partial charge is 0.263 e. The molecule has 0 saturated heterocycles. The molecule has 2 heterocycles. The molecular weight excluding hydrogens is 377 g/mol. The maximum atomic E-state index is 12.2. The van der Waals surface area contributed by atoms with Crippen molar-refractivity contribution >= 4 is 34.9 Å². The first-order chi connectivity index (χ1) is 12.6. The van der Waals surface area contributed by atoms with Crippen molar-refractivity contribution in [2.75, 3.05) is 11.9 Å². The highest BCUT2D eigenvalue weighted by Gasteiger charge is 2.16. The Morgan fingerprint density at radius 3 is 2.85 bits per heavy atom. The summed E-state index contributed by atoms with van der Waals surface area (Å²) in [6, 6.07) is 11.9. The van der Waals surface area contributed by atoms with Gasteiger partial charge in [0.05, 0.1) is 11.2 Å². The second kappa shape index (κ2) is 7.87. The molecule has 2 aromatic heterocycles. The van der Waals surface area contributed by atoms with E-state index in [-0.39, 0.29) is 18.0 Å². The van der Waals surface area contributed by atoms with Gasteiger partial charge in [0.2, 0.25) is 0 Å². The SMILES string of the molecule is N#Cc1cnn(-c2ccccn2)c1NC(=O)COc1ccc(Cl)cc1Cl. The average Bonchev–Trinajstić information content (AvgIpc) is 3.04. The van der Waals surface area contributed by atoms with E-state index in [0.717, 1.165) is 0 Å². The highest BCUT2D eigenvalue weighted by Crippen LogP contribution is 2.27. The van der Waals surface area contributed by atoms with E-state index in [1.54, 1.807) is 36.5 Å². The minimum atomic E-state index is -0.481. The number of hydrogen-bond donors (Lipinski definition) is 1. The van der Waals surface area contributed by atoms with Crippen LogP contribution in [0.25, 0.3) is 5.82 Å². The molecule has 0 radical (unpaired) electrons. The molecular formula is C17H11Cl2N5O2. The van der Waals surface area contributed by atoms with Crippen molar-refractivity contribution in [3.8, 4) is 17.6 Å². The van der Waals surface area contributed by atoms with Crippen molar-refractivity contribution in [3.63, 3.8) is 0 Å². The first-order valence-electron chi connectivity index (χ1n) is 7.35. The molecule has 0 aliphatic carbocycles. The Morgan fingerprint density at radius 2 is 2.15 bits per heavy atom. The van der Waals surface area contributed by atoms with Crippen molar-refractivity contribution in [1.82, 2.24) is 14.8 Å². The lowest BCUT2D eigenvalue weighted by Gasteiger charge is -2.10. The van der Waals surface area contributed by atoms with Crippen LogP contribution in [0.2, 0.25) is 10.0 Å². The predicted molar refractivity (Wildman–Crippen MR) is 96.7 cm³/mol. The molecule has 1 aromatic carbocycles. The average molecular weight is 388 g/mol. The summed E-state index contributed by atoms with van der Waals surface area (Å²) in [5.74, 6) is 0.517. The van der Waals surface area contributed by atoms with Gasteiger partial charge in [-0.05, 0) is 30.3 Å². The van der Waals surface area contributed by atoms with E-state index in [9.17, 15) is 10.1 Å². The molecule has 7 nitrogen and oxygen atoms in total. The summed E-state index contributed by atoms with van der Waals surface area (Å²) < 4.78 is 6.76. The van der Waals surface area contributed by atoms with Crippen LogP contribution in [0.15, 0.2) is 48.8 Å². The molecule has 3 aromatic rings. The number of aromatic nitrogens is 3. The van der Waals surface area contributed by atoms with Crippen LogP contribution in [0.5, 0.6) is 5.75 Å². The Morgan fingerprint density at radius 1 is 1.31 bits per heavy atom. The van der Waals surface area contributed by atoms with Gasteiger partial charge >= 0.3 is 0 Å². The lowest BCUT2D eigenvalue weighted by atomic mass is 10.3. The zero-order valence-electron chi connectivity index (χ0n) is 13.2. The fourth-order valence-electron chi connectivity index (χ4n) is 2.11. The molecule has 130 valence electrons. The number of nitrogens with zero attached hydrogens (tertiary/aromatic N) is 4. The summed E-state index contributed by atoms with van der Waals surface area (Å²) in [7, 11) is 0. The van der Waals surface area contributed by atoms with Gasteiger partial charge in [-0.2, -0.15) is 15.0 Å². The molecule has 0 aliphatic rings. The number of nitrogens with one attached hydrogen (secondary N) is 1. The van der Waals surface area contributed by atoms with E-state index in [1.165, 1.54) is 16.9 Å². The van der Waals surface area contributed by atoms with E-state index >= 15 is 0 Å². The molecule has 0 atom stereocenters. The summed E-state index contributed by atoms with van der Waals surface area (Å²) in [5, 5.41) is 16.7. The van der Waals surface area contributed by atoms with Gasteiger partial charge in [-0.25, -0.2) is 4.98 Å². The number of nitriles is 1. The van der Waals surface area contributed by atoms with E-state index in [2.05, 4.69) is 15.4 Å². The molecule has 0 saturated carbocycles. The molecule has 3 rings (SSSR count). The molecule has 1 amide bonds. The van der Waals surface area contributed by atoms with E-state index in [0.29, 0.717) is 21.6 Å². The number of rotatable bonds is 5. The zero-order valence-corrected chi connectivity index (χ0v) is 14.7. The van der Waals surface area contributed by atoms with Crippen LogP contribution < -0.4 is 10.1 Å². The maximum Gasteiger partial charge on any atom is 0.263 e. The quantitative estimate of drug-likeness (QED) is 0.723. The van der Waals surface area contributed by atoms with Crippen molar-refractivity contribution in [3.05, 3.63) is 64.4 Å². The van der Waals surface area contributed by atoms with Gasteiger partial charge in [0, 0.05) is 11.2 Å². The number of amides is 1. The molecule has 0 fully saturated rings. The predicted octanol–water partition coefficient (Wildman–Crippen LogP) is 3.46. The van der Waals surface area contributed by atoms with Gasteiger partial charge in [-0.15, -0.1) is 0 Å². The number of carbonyl (C=O) groups is 1. The largest absolute Gasteiger partial charge is 0.482 e. The Bertz CT molecular complexity index is 983. The molecule has 0 aliphatic heterocycles. The molecule has 26 heavy (non-hydrogen) atoms. The Hall–Kier alpha value is -3.08. The topological polar surface area (TPSA) is 92.8 Å². The van der Waals surface area contributed by atoms with Crippen molar-refractivity contribution < 1.29 is 9.53 Å². The minimum Gasteiger partial charge on any atom is -0.482 e. The summed E-state index contributed by atoms with van der Waals surface area (Å²) in [4.78, 5) is 16.4. The Balaban J connectivity index is 1.75. The second-order valence-corrected chi connectivity index (χ2v) is 5.87. The van der Waals surface area contributed by atoms with Gasteiger partial charge in [0.25, 0.3) is 5.91 Å². The lowest BCUT2D eigenvalue weighted by molar-refractivity contribution is -0.118. The van der Waals surface area contributed by atoms with Crippen LogP contribution in [0.1, 0.15) is 5.56 Å². The maximum absolute atomic E-state index is 12.2. The Kier molecular flexibility index (Phi) is 5.37. The molecule has 1 N–H and O–H groups in total. The highest BCUT2D eigenvalue weighted by molar-refractivity contribution is 6.35. The van der Waals surface area contributed by atoms with Crippen molar-refractivity contribution in [1.29, 1.82) is 5.26 Å². The number of hydrogen-bond acceptors (Lipinski definition) is 5. The van der Waals surface area contributed by atoms with Gasteiger partial charge in [-0.1, -0.05) is 29.3 Å². The van der Waals surface area contributed by atoms with Gasteiger partial charge < -0.3 is 10.1 Å². The van der Waals surface area contributed by atoms with E-state index < -0.39 is 5.91 Å². The minimum absolute atomic E-state index is 0.202. The summed E-state index contributed by atoms with van der Waals surface area (Å²) in [6.07, 6.45) is 2.93. The van der Waals surface area contributed by atoms with Crippen LogP contribution in [0.3, 0.4) is 0 Å². The number of anilines is 1. The Labute approximate surface area is 158 Å². The van der Waals surface area contributed by atoms with Crippen LogP contribution >= 0.6 is 23.2 Å². The number of ether oxygens (including phenoxy) is 1. The number of halogens is 2. The third-order valence-electron chi connectivity index (χ3n) is 3.27. The van der Waals surface area contributed by atoms with E-state index in [4.69, 9.17) is 27.9 Å². The summed E-state index contributed by atoms with van der Waals surface area (Å²) in [5.41, 5.74) is 0.202. The van der Waals surface area contributed by atoms with Gasteiger partial charge in [-0.3, -0.25) is 4.79 Å². The fourth-order valence-corrected chi connectivity index (χ4v) is 2.57. The highest BCUT2D eigenvalue weighted by atomic mass is 35.5. The summed E-state index contributed by atoms with van der Waals surface area (Å²) >= 11 is 11.8. The third kappa shape index (κ3) is 3.94. The first kappa shape index (κ1) is 17.7. The second-order valence-electron chi connectivity index (χ2n) is 5.03. The molecule has 0 unspecified atom stereocenters. The number of carbonyl (C=O) groups excluding carboxylic acids is 1. The first-order valence-corrected chi connectivity index (χ1v) is 8.11. The zero-order chi connectivity index (χ0) is 18.5. The van der Waals surface area contributed by atoms with Gasteiger partial charge in [0.15, 0.2) is 18.2 Å². The van der Waals surface area contributed by atoms with Crippen molar-refractivity contribution in [2.24, 2.45) is 0 Å². The van der Waals surface area contributed by atoms with Crippen LogP contribution in [-0.2, 0) is 4.79 Å². The molecule has 9 heteroatoms. The van der Waals surface area contributed by atoms with Crippen LogP contribution in [0.4, 0.5) is 5.82 Å². The van der Waals surface area contributed by atoms with Gasteiger partial charge in [0.1, 0.15) is 17.4 Å².